The van der Waals surface area contributed by atoms with E-state index >= 15 is 0 Å². The van der Waals surface area contributed by atoms with E-state index in [1.54, 1.807) is 13.2 Å². The van der Waals surface area contributed by atoms with Crippen LogP contribution in [0.2, 0.25) is 5.02 Å². The standard InChI is InChI=1S/C15H16ClNO2/c1-17(14-7-3-4-9-15(14)19-2)13-8-5-6-12(16)11(13)10-18/h3-9,18H,10H2,1-2H3. The molecule has 0 aliphatic heterocycles. The van der Waals surface area contributed by atoms with Crippen molar-refractivity contribution in [3.05, 3.63) is 53.1 Å². The Balaban J connectivity index is 2.50. The van der Waals surface area contributed by atoms with E-state index in [1.807, 2.05) is 48.3 Å². The lowest BCUT2D eigenvalue weighted by molar-refractivity contribution is 0.282. The van der Waals surface area contributed by atoms with Gasteiger partial charge in [-0.25, -0.2) is 0 Å². The lowest BCUT2D eigenvalue weighted by atomic mass is 10.1. The maximum atomic E-state index is 9.48. The third-order valence-corrected chi connectivity index (χ3v) is 3.41. The largest absolute Gasteiger partial charge is 0.495 e. The summed E-state index contributed by atoms with van der Waals surface area (Å²) in [7, 11) is 3.56. The average molecular weight is 278 g/mol. The van der Waals surface area contributed by atoms with Crippen LogP contribution >= 0.6 is 11.6 Å². The second kappa shape index (κ2) is 5.95. The van der Waals surface area contributed by atoms with Gasteiger partial charge in [-0.1, -0.05) is 29.8 Å². The van der Waals surface area contributed by atoms with Crippen LogP contribution < -0.4 is 9.64 Å². The molecule has 0 atom stereocenters. The van der Waals surface area contributed by atoms with Gasteiger partial charge < -0.3 is 14.7 Å². The summed E-state index contributed by atoms with van der Waals surface area (Å²) in [5.74, 6) is 0.772. The molecule has 19 heavy (non-hydrogen) atoms. The molecule has 0 spiro atoms. The van der Waals surface area contributed by atoms with Crippen LogP contribution in [0.5, 0.6) is 5.75 Å². The zero-order valence-corrected chi connectivity index (χ0v) is 11.7. The van der Waals surface area contributed by atoms with E-state index in [1.165, 1.54) is 0 Å². The molecule has 0 aromatic heterocycles. The van der Waals surface area contributed by atoms with Gasteiger partial charge >= 0.3 is 0 Å². The molecule has 2 aromatic rings. The van der Waals surface area contributed by atoms with Crippen LogP contribution in [0.15, 0.2) is 42.5 Å². The molecule has 0 aliphatic rings. The molecular formula is C15H16ClNO2. The lowest BCUT2D eigenvalue weighted by Gasteiger charge is -2.24. The number of hydrogen-bond donors (Lipinski definition) is 1. The highest BCUT2D eigenvalue weighted by molar-refractivity contribution is 6.31. The predicted molar refractivity (Wildman–Crippen MR) is 78.4 cm³/mol. The van der Waals surface area contributed by atoms with Crippen molar-refractivity contribution < 1.29 is 9.84 Å². The maximum Gasteiger partial charge on any atom is 0.142 e. The number of anilines is 2. The summed E-state index contributed by atoms with van der Waals surface area (Å²) >= 11 is 6.12. The summed E-state index contributed by atoms with van der Waals surface area (Å²) in [5, 5.41) is 10.0. The number of benzene rings is 2. The van der Waals surface area contributed by atoms with Crippen LogP contribution in [-0.4, -0.2) is 19.3 Å². The number of aliphatic hydroxyl groups excluding tert-OH is 1. The van der Waals surface area contributed by atoms with Crippen molar-refractivity contribution in [3.8, 4) is 5.75 Å². The van der Waals surface area contributed by atoms with Gasteiger partial charge in [0.15, 0.2) is 0 Å². The molecule has 3 nitrogen and oxygen atoms in total. The van der Waals surface area contributed by atoms with Gasteiger partial charge in [-0.2, -0.15) is 0 Å². The first-order valence-electron chi connectivity index (χ1n) is 5.94. The topological polar surface area (TPSA) is 32.7 Å². The van der Waals surface area contributed by atoms with Gasteiger partial charge in [0.05, 0.1) is 19.4 Å². The van der Waals surface area contributed by atoms with Gasteiger partial charge in [-0.05, 0) is 24.3 Å². The van der Waals surface area contributed by atoms with Crippen LogP contribution in [0.3, 0.4) is 0 Å². The minimum absolute atomic E-state index is 0.103. The molecule has 0 radical (unpaired) electrons. The normalized spacial score (nSPS) is 10.3. The Bertz CT molecular complexity index is 572. The van der Waals surface area contributed by atoms with Crippen LogP contribution in [0.4, 0.5) is 11.4 Å². The van der Waals surface area contributed by atoms with Gasteiger partial charge in [-0.15, -0.1) is 0 Å². The molecule has 0 bridgehead atoms. The summed E-state index contributed by atoms with van der Waals surface area (Å²) in [5.41, 5.74) is 2.49. The zero-order valence-electron chi connectivity index (χ0n) is 10.9. The van der Waals surface area contributed by atoms with Crippen molar-refractivity contribution >= 4 is 23.0 Å². The monoisotopic (exact) mass is 277 g/mol. The fourth-order valence-corrected chi connectivity index (χ4v) is 2.28. The number of aliphatic hydroxyl groups is 1. The number of halogens is 1. The molecule has 4 heteroatoms. The fourth-order valence-electron chi connectivity index (χ4n) is 2.05. The number of rotatable bonds is 4. The van der Waals surface area contributed by atoms with Gasteiger partial charge in [0.1, 0.15) is 5.75 Å². The van der Waals surface area contributed by atoms with Crippen LogP contribution in [0, 0.1) is 0 Å². The van der Waals surface area contributed by atoms with Crippen molar-refractivity contribution in [1.82, 2.24) is 0 Å². The lowest BCUT2D eigenvalue weighted by Crippen LogP contribution is -2.13. The molecule has 0 fully saturated rings. The van der Waals surface area contributed by atoms with Crippen molar-refractivity contribution in [2.75, 3.05) is 19.1 Å². The Hall–Kier alpha value is -1.71. The Kier molecular flexibility index (Phi) is 4.30. The van der Waals surface area contributed by atoms with E-state index in [-0.39, 0.29) is 6.61 Å². The molecule has 0 amide bonds. The Morgan fingerprint density at radius 1 is 1.11 bits per heavy atom. The third kappa shape index (κ3) is 2.67. The number of ether oxygens (including phenoxy) is 1. The predicted octanol–water partition coefficient (Wildman–Crippen LogP) is 3.61. The first kappa shape index (κ1) is 13.7. The highest BCUT2D eigenvalue weighted by atomic mass is 35.5. The summed E-state index contributed by atoms with van der Waals surface area (Å²) in [6, 6.07) is 13.3. The van der Waals surface area contributed by atoms with E-state index in [4.69, 9.17) is 16.3 Å². The van der Waals surface area contributed by atoms with E-state index < -0.39 is 0 Å². The third-order valence-electron chi connectivity index (χ3n) is 3.06. The first-order chi connectivity index (χ1) is 9.19. The average Bonchev–Trinajstić information content (AvgIpc) is 2.46. The van der Waals surface area contributed by atoms with Gasteiger partial charge in [0, 0.05) is 23.3 Å². The highest BCUT2D eigenvalue weighted by Gasteiger charge is 2.14. The van der Waals surface area contributed by atoms with Gasteiger partial charge in [0.25, 0.3) is 0 Å². The number of para-hydroxylation sites is 2. The Morgan fingerprint density at radius 3 is 2.47 bits per heavy atom. The number of hydrogen-bond acceptors (Lipinski definition) is 3. The molecular weight excluding hydrogens is 262 g/mol. The molecule has 2 aromatic carbocycles. The SMILES string of the molecule is COc1ccccc1N(C)c1cccc(Cl)c1CO. The second-order valence-corrected chi connectivity index (χ2v) is 4.53. The van der Waals surface area contributed by atoms with Gasteiger partial charge in [-0.3, -0.25) is 0 Å². The first-order valence-corrected chi connectivity index (χ1v) is 6.31. The minimum atomic E-state index is -0.103. The summed E-state index contributed by atoms with van der Waals surface area (Å²) in [6.07, 6.45) is 0. The molecule has 2 rings (SSSR count). The highest BCUT2D eigenvalue weighted by Crippen LogP contribution is 2.36. The molecule has 0 saturated carbocycles. The van der Waals surface area contributed by atoms with Crippen molar-refractivity contribution in [2.45, 2.75) is 6.61 Å². The summed E-state index contributed by atoms with van der Waals surface area (Å²) in [4.78, 5) is 1.95. The Labute approximate surface area is 118 Å². The van der Waals surface area contributed by atoms with Crippen LogP contribution in [0.25, 0.3) is 0 Å². The van der Waals surface area contributed by atoms with Crippen LogP contribution in [0.1, 0.15) is 5.56 Å². The molecule has 0 aliphatic carbocycles. The summed E-state index contributed by atoms with van der Waals surface area (Å²) in [6.45, 7) is -0.103. The van der Waals surface area contributed by atoms with E-state index in [0.717, 1.165) is 17.1 Å². The smallest absolute Gasteiger partial charge is 0.142 e. The van der Waals surface area contributed by atoms with Crippen molar-refractivity contribution in [1.29, 1.82) is 0 Å². The molecule has 0 heterocycles. The van der Waals surface area contributed by atoms with Crippen LogP contribution in [-0.2, 0) is 6.61 Å². The Morgan fingerprint density at radius 2 is 1.79 bits per heavy atom. The van der Waals surface area contributed by atoms with E-state index in [2.05, 4.69) is 0 Å². The fraction of sp³-hybridized carbons (Fsp3) is 0.200. The van der Waals surface area contributed by atoms with E-state index in [0.29, 0.717) is 10.6 Å². The van der Waals surface area contributed by atoms with Crippen molar-refractivity contribution in [3.63, 3.8) is 0 Å². The maximum absolute atomic E-state index is 9.48. The minimum Gasteiger partial charge on any atom is -0.495 e. The summed E-state index contributed by atoms with van der Waals surface area (Å²) < 4.78 is 5.35. The number of methoxy groups -OCH3 is 1. The molecule has 100 valence electrons. The molecule has 1 N–H and O–H groups in total. The molecule has 0 saturated heterocycles. The quantitative estimate of drug-likeness (QED) is 0.927. The number of nitrogens with zero attached hydrogens (tertiary/aromatic N) is 1. The van der Waals surface area contributed by atoms with Crippen molar-refractivity contribution in [2.24, 2.45) is 0 Å². The van der Waals surface area contributed by atoms with Gasteiger partial charge in [0.2, 0.25) is 0 Å². The molecule has 0 unspecified atom stereocenters. The zero-order chi connectivity index (χ0) is 13.8. The second-order valence-electron chi connectivity index (χ2n) is 4.13. The van der Waals surface area contributed by atoms with E-state index in [9.17, 15) is 5.11 Å².